The first-order chi connectivity index (χ1) is 9.58. The lowest BCUT2D eigenvalue weighted by Crippen LogP contribution is -2.31. The molecule has 0 aliphatic rings. The predicted octanol–water partition coefficient (Wildman–Crippen LogP) is 2.54. The molecule has 0 heterocycles. The van der Waals surface area contributed by atoms with E-state index in [4.69, 9.17) is 21.6 Å². The van der Waals surface area contributed by atoms with Crippen molar-refractivity contribution in [1.82, 2.24) is 0 Å². The third-order valence-corrected chi connectivity index (χ3v) is 2.77. The number of anilines is 1. The van der Waals surface area contributed by atoms with Crippen molar-refractivity contribution < 1.29 is 14.3 Å². The number of amides is 1. The molecule has 6 heteroatoms. The monoisotopic (exact) mass is 294 g/mol. The average Bonchev–Trinajstić information content (AvgIpc) is 2.44. The van der Waals surface area contributed by atoms with Crippen LogP contribution in [0.5, 0.6) is 0 Å². The van der Waals surface area contributed by atoms with Gasteiger partial charge >= 0.3 is 5.97 Å². The molecule has 0 N–H and O–H groups in total. The summed E-state index contributed by atoms with van der Waals surface area (Å²) in [5, 5.41) is 9.35. The zero-order chi connectivity index (χ0) is 15.0. The molecule has 5 nitrogen and oxygen atoms in total. The molecule has 106 valence electrons. The maximum atomic E-state index is 12.1. The normalized spacial score (nSPS) is 9.65. The summed E-state index contributed by atoms with van der Waals surface area (Å²) >= 11 is 5.78. The predicted molar refractivity (Wildman–Crippen MR) is 75.3 cm³/mol. The number of carbonyl (C=O) groups excluding carboxylic acids is 2. The van der Waals surface area contributed by atoms with Crippen molar-refractivity contribution in [2.75, 3.05) is 18.1 Å². The van der Waals surface area contributed by atoms with Gasteiger partial charge in [-0.2, -0.15) is 5.26 Å². The minimum absolute atomic E-state index is 0.00217. The summed E-state index contributed by atoms with van der Waals surface area (Å²) in [6.07, 6.45) is 0.00529. The molecular formula is C14H15ClN2O3. The molecular weight excluding hydrogens is 280 g/mol. The first kappa shape index (κ1) is 16.0. The molecule has 1 aromatic rings. The van der Waals surface area contributed by atoms with Crippen LogP contribution in [-0.4, -0.2) is 25.0 Å². The van der Waals surface area contributed by atoms with Gasteiger partial charge in [0.15, 0.2) is 0 Å². The molecule has 0 atom stereocenters. The number of esters is 1. The van der Waals surface area contributed by atoms with Gasteiger partial charge in [0.05, 0.1) is 19.1 Å². The van der Waals surface area contributed by atoms with Crippen molar-refractivity contribution in [1.29, 1.82) is 5.26 Å². The summed E-state index contributed by atoms with van der Waals surface area (Å²) in [5.74, 6) is -0.726. The highest BCUT2D eigenvalue weighted by atomic mass is 35.5. The van der Waals surface area contributed by atoms with Gasteiger partial charge in [0.2, 0.25) is 5.91 Å². The molecule has 0 bridgehead atoms. The van der Waals surface area contributed by atoms with Crippen molar-refractivity contribution >= 4 is 29.2 Å². The number of benzene rings is 1. The summed E-state index contributed by atoms with van der Waals surface area (Å²) in [7, 11) is 0. The van der Waals surface area contributed by atoms with Gasteiger partial charge in [0.25, 0.3) is 0 Å². The van der Waals surface area contributed by atoms with Crippen LogP contribution in [0.15, 0.2) is 24.3 Å². The van der Waals surface area contributed by atoms with E-state index in [0.29, 0.717) is 10.7 Å². The molecule has 0 unspecified atom stereocenters. The number of hydrogen-bond donors (Lipinski definition) is 0. The largest absolute Gasteiger partial charge is 0.466 e. The highest BCUT2D eigenvalue weighted by Gasteiger charge is 2.17. The van der Waals surface area contributed by atoms with Gasteiger partial charge in [0, 0.05) is 17.1 Å². The molecule has 0 radical (unpaired) electrons. The first-order valence-electron chi connectivity index (χ1n) is 6.17. The Balaban J connectivity index is 2.71. The van der Waals surface area contributed by atoms with Gasteiger partial charge in [-0.3, -0.25) is 14.5 Å². The van der Waals surface area contributed by atoms with Crippen LogP contribution in [-0.2, 0) is 14.3 Å². The van der Waals surface area contributed by atoms with E-state index < -0.39 is 5.97 Å². The Morgan fingerprint density at radius 2 is 1.95 bits per heavy atom. The molecule has 0 aliphatic heterocycles. The van der Waals surface area contributed by atoms with Gasteiger partial charge in [-0.25, -0.2) is 0 Å². The van der Waals surface area contributed by atoms with Crippen LogP contribution in [0.4, 0.5) is 5.69 Å². The summed E-state index contributed by atoms with van der Waals surface area (Å²) in [6, 6.07) is 8.52. The van der Waals surface area contributed by atoms with Crippen molar-refractivity contribution in [3.63, 3.8) is 0 Å². The maximum absolute atomic E-state index is 12.1. The number of carbonyl (C=O) groups is 2. The Morgan fingerprint density at radius 3 is 2.50 bits per heavy atom. The van der Waals surface area contributed by atoms with E-state index in [1.807, 2.05) is 6.07 Å². The minimum atomic E-state index is -0.422. The highest BCUT2D eigenvalue weighted by Crippen LogP contribution is 2.19. The van der Waals surface area contributed by atoms with Gasteiger partial charge in [-0.1, -0.05) is 11.6 Å². The molecule has 0 aromatic heterocycles. The summed E-state index contributed by atoms with van der Waals surface area (Å²) in [6.45, 7) is 1.91. The number of ether oxygens (including phenoxy) is 1. The highest BCUT2D eigenvalue weighted by molar-refractivity contribution is 6.30. The van der Waals surface area contributed by atoms with Crippen molar-refractivity contribution in [3.8, 4) is 6.07 Å². The quantitative estimate of drug-likeness (QED) is 0.597. The second kappa shape index (κ2) is 8.18. The zero-order valence-electron chi connectivity index (χ0n) is 11.1. The van der Waals surface area contributed by atoms with Crippen molar-refractivity contribution in [2.24, 2.45) is 0 Å². The van der Waals surface area contributed by atoms with E-state index in [0.717, 1.165) is 0 Å². The Morgan fingerprint density at radius 1 is 1.30 bits per heavy atom. The second-order valence-corrected chi connectivity index (χ2v) is 4.36. The van der Waals surface area contributed by atoms with Crippen LogP contribution in [0.2, 0.25) is 5.02 Å². The average molecular weight is 295 g/mol. The molecule has 0 saturated heterocycles. The van der Waals surface area contributed by atoms with Crippen LogP contribution in [0.25, 0.3) is 0 Å². The number of nitriles is 1. The standard InChI is InChI=1S/C14H15ClN2O3/c1-2-20-14(19)8-7-13(18)17(10-9-16)12-5-3-11(15)4-6-12/h3-6H,2,7-8,10H2,1H3. The lowest BCUT2D eigenvalue weighted by atomic mass is 10.2. The van der Waals surface area contributed by atoms with Crippen LogP contribution < -0.4 is 4.90 Å². The van der Waals surface area contributed by atoms with E-state index in [2.05, 4.69) is 0 Å². The van der Waals surface area contributed by atoms with Crippen LogP contribution in [0, 0.1) is 11.3 Å². The fourth-order valence-corrected chi connectivity index (χ4v) is 1.72. The molecule has 1 aromatic carbocycles. The van der Waals surface area contributed by atoms with Gasteiger partial charge in [0.1, 0.15) is 6.54 Å². The fraction of sp³-hybridized carbons (Fsp3) is 0.357. The lowest BCUT2D eigenvalue weighted by Gasteiger charge is -2.19. The van der Waals surface area contributed by atoms with Gasteiger partial charge < -0.3 is 4.74 Å². The van der Waals surface area contributed by atoms with Crippen LogP contribution in [0.1, 0.15) is 19.8 Å². The lowest BCUT2D eigenvalue weighted by molar-refractivity contribution is -0.144. The Labute approximate surface area is 122 Å². The maximum Gasteiger partial charge on any atom is 0.306 e. The molecule has 0 fully saturated rings. The zero-order valence-corrected chi connectivity index (χ0v) is 11.9. The van der Waals surface area contributed by atoms with E-state index >= 15 is 0 Å². The van der Waals surface area contributed by atoms with Crippen LogP contribution in [0.3, 0.4) is 0 Å². The third kappa shape index (κ3) is 4.90. The molecule has 20 heavy (non-hydrogen) atoms. The number of hydrogen-bond acceptors (Lipinski definition) is 4. The van der Waals surface area contributed by atoms with Crippen molar-refractivity contribution in [2.45, 2.75) is 19.8 Å². The molecule has 0 aliphatic carbocycles. The molecule has 0 saturated carbocycles. The molecule has 1 rings (SSSR count). The Bertz CT molecular complexity index is 508. The van der Waals surface area contributed by atoms with Gasteiger partial charge in [-0.15, -0.1) is 0 Å². The Kier molecular flexibility index (Phi) is 6.54. The van der Waals surface area contributed by atoms with Gasteiger partial charge in [-0.05, 0) is 31.2 Å². The summed E-state index contributed by atoms with van der Waals surface area (Å²) < 4.78 is 4.76. The first-order valence-corrected chi connectivity index (χ1v) is 6.54. The third-order valence-electron chi connectivity index (χ3n) is 2.52. The van der Waals surface area contributed by atoms with E-state index in [-0.39, 0.29) is 31.9 Å². The van der Waals surface area contributed by atoms with Crippen LogP contribution >= 0.6 is 11.6 Å². The Hall–Kier alpha value is -2.06. The van der Waals surface area contributed by atoms with E-state index in [1.165, 1.54) is 4.90 Å². The van der Waals surface area contributed by atoms with E-state index in [1.54, 1.807) is 31.2 Å². The molecule has 1 amide bonds. The topological polar surface area (TPSA) is 70.4 Å². The summed E-state index contributed by atoms with van der Waals surface area (Å²) in [4.78, 5) is 24.6. The second-order valence-electron chi connectivity index (χ2n) is 3.92. The van der Waals surface area contributed by atoms with Crippen molar-refractivity contribution in [3.05, 3.63) is 29.3 Å². The minimum Gasteiger partial charge on any atom is -0.466 e. The SMILES string of the molecule is CCOC(=O)CCC(=O)N(CC#N)c1ccc(Cl)cc1. The smallest absolute Gasteiger partial charge is 0.306 e. The number of rotatable bonds is 6. The molecule has 0 spiro atoms. The number of nitrogens with zero attached hydrogens (tertiary/aromatic N) is 2. The number of halogens is 1. The fourth-order valence-electron chi connectivity index (χ4n) is 1.59. The summed E-state index contributed by atoms with van der Waals surface area (Å²) in [5.41, 5.74) is 0.574. The van der Waals surface area contributed by atoms with E-state index in [9.17, 15) is 9.59 Å².